The van der Waals surface area contributed by atoms with E-state index in [2.05, 4.69) is 11.4 Å². The monoisotopic (exact) mass is 439 g/mol. The van der Waals surface area contributed by atoms with Crippen LogP contribution < -0.4 is 11.1 Å². The molecule has 0 radical (unpaired) electrons. The molecule has 6 nitrogen and oxygen atoms in total. The number of nitrogens with two attached hydrogens (primary N) is 1. The van der Waals surface area contributed by atoms with Gasteiger partial charge in [-0.3, -0.25) is 9.59 Å². The summed E-state index contributed by atoms with van der Waals surface area (Å²) in [7, 11) is 0. The van der Waals surface area contributed by atoms with Crippen molar-refractivity contribution < 1.29 is 14.7 Å². The number of benzene rings is 1. The maximum atomic E-state index is 13.0. The number of aromatic hydroxyl groups is 1. The maximum Gasteiger partial charge on any atom is 0.251 e. The molecule has 32 heavy (non-hydrogen) atoms. The van der Waals surface area contributed by atoms with Crippen molar-refractivity contribution in [3.05, 3.63) is 64.9 Å². The molecule has 0 spiro atoms. The minimum absolute atomic E-state index is 0.0147. The highest BCUT2D eigenvalue weighted by atomic mass is 16.3. The molecule has 2 amide bonds. The summed E-state index contributed by atoms with van der Waals surface area (Å²) < 4.78 is 0. The fraction of sp³-hybridized carbons (Fsp3) is 0.462. The van der Waals surface area contributed by atoms with Gasteiger partial charge in [-0.25, -0.2) is 0 Å². The van der Waals surface area contributed by atoms with Gasteiger partial charge in [-0.1, -0.05) is 58.1 Å². The van der Waals surface area contributed by atoms with E-state index in [1.165, 1.54) is 0 Å². The number of hydrogen-bond acceptors (Lipinski definition) is 4. The number of phenols is 1. The Balaban J connectivity index is 0.000000860. The molecule has 4 rings (SSSR count). The summed E-state index contributed by atoms with van der Waals surface area (Å²) in [6.07, 6.45) is 8.80. The molecule has 6 heteroatoms. The largest absolute Gasteiger partial charge is 0.508 e. The van der Waals surface area contributed by atoms with Crippen LogP contribution in [-0.2, 0) is 16.0 Å². The average Bonchev–Trinajstić information content (AvgIpc) is 3.09. The van der Waals surface area contributed by atoms with Crippen LogP contribution in [-0.4, -0.2) is 41.0 Å². The molecular weight excluding hydrogens is 402 g/mol. The number of carbonyl (C=O) groups is 2. The Kier molecular flexibility index (Phi) is 9.72. The lowest BCUT2D eigenvalue weighted by molar-refractivity contribution is -0.132. The van der Waals surface area contributed by atoms with Gasteiger partial charge in [0.1, 0.15) is 5.75 Å². The van der Waals surface area contributed by atoms with E-state index in [1.807, 2.05) is 44.7 Å². The zero-order valence-electron chi connectivity index (χ0n) is 19.7. The third kappa shape index (κ3) is 5.88. The van der Waals surface area contributed by atoms with Gasteiger partial charge >= 0.3 is 0 Å². The predicted octanol–water partition coefficient (Wildman–Crippen LogP) is 3.82. The van der Waals surface area contributed by atoms with Gasteiger partial charge in [-0.15, -0.1) is 0 Å². The number of nitrogens with one attached hydrogen (secondary N) is 1. The van der Waals surface area contributed by atoms with Gasteiger partial charge in [0.15, 0.2) is 0 Å². The SMILES string of the molecule is CC.CC.NC(Cc1ccc(O)cc1)C(=O)N1CCC2=C(C1)C1CCC=CC=C1C(=O)N2. The van der Waals surface area contributed by atoms with Crippen molar-refractivity contribution in [1.29, 1.82) is 0 Å². The molecule has 2 unspecified atom stereocenters. The number of nitrogens with zero attached hydrogens (tertiary/aromatic N) is 1. The first kappa shape index (κ1) is 25.4. The van der Waals surface area contributed by atoms with Crippen molar-refractivity contribution in [2.45, 2.75) is 59.4 Å². The maximum absolute atomic E-state index is 13.0. The van der Waals surface area contributed by atoms with Crippen molar-refractivity contribution in [2.24, 2.45) is 11.7 Å². The van der Waals surface area contributed by atoms with E-state index in [0.29, 0.717) is 25.9 Å². The minimum Gasteiger partial charge on any atom is -0.508 e. The molecule has 1 aliphatic carbocycles. The van der Waals surface area contributed by atoms with Crippen LogP contribution in [0.25, 0.3) is 0 Å². The van der Waals surface area contributed by atoms with Crippen LogP contribution in [0, 0.1) is 5.92 Å². The Hall–Kier alpha value is -2.86. The number of phenolic OH excluding ortho intramolecular Hbond substituents is 1. The van der Waals surface area contributed by atoms with Crippen molar-refractivity contribution in [2.75, 3.05) is 13.1 Å². The lowest BCUT2D eigenvalue weighted by Gasteiger charge is -2.39. The van der Waals surface area contributed by atoms with Crippen LogP contribution in [0.3, 0.4) is 0 Å². The van der Waals surface area contributed by atoms with Crippen molar-refractivity contribution in [3.63, 3.8) is 0 Å². The Bertz CT molecular complexity index is 884. The van der Waals surface area contributed by atoms with E-state index in [0.717, 1.165) is 35.2 Å². The fourth-order valence-electron chi connectivity index (χ4n) is 4.25. The molecule has 0 saturated carbocycles. The van der Waals surface area contributed by atoms with Crippen LogP contribution >= 0.6 is 0 Å². The number of amides is 2. The normalized spacial score (nSPS) is 20.2. The summed E-state index contributed by atoms with van der Waals surface area (Å²) >= 11 is 0. The average molecular weight is 440 g/mol. The lowest BCUT2D eigenvalue weighted by Crippen LogP contribution is -2.50. The predicted molar refractivity (Wildman–Crippen MR) is 129 cm³/mol. The number of allylic oxidation sites excluding steroid dienone is 3. The highest BCUT2D eigenvalue weighted by Crippen LogP contribution is 2.36. The summed E-state index contributed by atoms with van der Waals surface area (Å²) in [6.45, 7) is 9.07. The first-order valence-corrected chi connectivity index (χ1v) is 11.7. The van der Waals surface area contributed by atoms with E-state index >= 15 is 0 Å². The summed E-state index contributed by atoms with van der Waals surface area (Å²) in [5.74, 6) is 0.177. The molecule has 4 N–H and O–H groups in total. The van der Waals surface area contributed by atoms with Crippen molar-refractivity contribution >= 4 is 11.8 Å². The zero-order valence-corrected chi connectivity index (χ0v) is 19.7. The van der Waals surface area contributed by atoms with Crippen LogP contribution in [0.1, 0.15) is 52.5 Å². The summed E-state index contributed by atoms with van der Waals surface area (Å²) in [6, 6.07) is 6.14. The molecule has 0 fully saturated rings. The smallest absolute Gasteiger partial charge is 0.251 e. The van der Waals surface area contributed by atoms with Crippen molar-refractivity contribution in [1.82, 2.24) is 10.2 Å². The van der Waals surface area contributed by atoms with Crippen molar-refractivity contribution in [3.8, 4) is 5.75 Å². The number of carbonyl (C=O) groups excluding carboxylic acids is 2. The molecule has 2 atom stereocenters. The molecule has 0 bridgehead atoms. The van der Waals surface area contributed by atoms with E-state index in [1.54, 1.807) is 24.3 Å². The second-order valence-electron chi connectivity index (χ2n) is 7.62. The van der Waals surface area contributed by atoms with Crippen LogP contribution in [0.5, 0.6) is 5.75 Å². The fourth-order valence-corrected chi connectivity index (χ4v) is 4.25. The summed E-state index contributed by atoms with van der Waals surface area (Å²) in [5, 5.41) is 12.4. The van der Waals surface area contributed by atoms with Gasteiger partial charge in [-0.2, -0.15) is 0 Å². The van der Waals surface area contributed by atoms with Gasteiger partial charge in [-0.05, 0) is 42.5 Å². The quantitative estimate of drug-likeness (QED) is 0.667. The molecular formula is C26H37N3O3. The van der Waals surface area contributed by atoms with Crippen LogP contribution in [0.4, 0.5) is 0 Å². The Morgan fingerprint density at radius 3 is 2.59 bits per heavy atom. The molecule has 1 aromatic carbocycles. The third-order valence-electron chi connectivity index (χ3n) is 5.76. The number of rotatable bonds is 3. The molecule has 2 aliphatic heterocycles. The Labute approximate surface area is 191 Å². The topological polar surface area (TPSA) is 95.7 Å². The van der Waals surface area contributed by atoms with Crippen LogP contribution in [0.2, 0.25) is 0 Å². The minimum atomic E-state index is -0.629. The lowest BCUT2D eigenvalue weighted by atomic mass is 9.81. The number of fused-ring (bicyclic) bond motifs is 2. The van der Waals surface area contributed by atoms with E-state index in [9.17, 15) is 14.7 Å². The van der Waals surface area contributed by atoms with Gasteiger partial charge in [0.25, 0.3) is 5.91 Å². The second-order valence-corrected chi connectivity index (χ2v) is 7.62. The molecule has 1 aromatic rings. The highest BCUT2D eigenvalue weighted by molar-refractivity contribution is 5.97. The molecule has 3 aliphatic rings. The van der Waals surface area contributed by atoms with Gasteiger partial charge < -0.3 is 21.1 Å². The van der Waals surface area contributed by atoms with Gasteiger partial charge in [0, 0.05) is 36.7 Å². The standard InChI is InChI=1S/C22H25N3O3.2C2H6/c23-19(12-14-6-8-15(26)9-7-14)22(28)25-11-10-20-18(13-25)16-4-2-1-3-5-17(16)21(27)24-20;2*1-2/h1,3,5-9,16,19,26H,2,4,10-13,23H2,(H,24,27);2*1-2H3. The molecule has 0 saturated heterocycles. The Morgan fingerprint density at radius 2 is 1.91 bits per heavy atom. The van der Waals surface area contributed by atoms with E-state index in [4.69, 9.17) is 5.73 Å². The second kappa shape index (κ2) is 12.2. The molecule has 0 aromatic heterocycles. The highest BCUT2D eigenvalue weighted by Gasteiger charge is 2.36. The summed E-state index contributed by atoms with van der Waals surface area (Å²) in [5.41, 5.74) is 10.0. The zero-order chi connectivity index (χ0) is 23.7. The van der Waals surface area contributed by atoms with Crippen LogP contribution in [0.15, 0.2) is 59.3 Å². The molecule has 174 valence electrons. The first-order valence-electron chi connectivity index (χ1n) is 11.7. The van der Waals surface area contributed by atoms with E-state index < -0.39 is 6.04 Å². The summed E-state index contributed by atoms with van der Waals surface area (Å²) in [4.78, 5) is 27.2. The molecule has 2 heterocycles. The Morgan fingerprint density at radius 1 is 1.22 bits per heavy atom. The van der Waals surface area contributed by atoms with Gasteiger partial charge in [0.05, 0.1) is 6.04 Å². The first-order chi connectivity index (χ1) is 15.5. The number of hydrogen-bond donors (Lipinski definition) is 3. The third-order valence-corrected chi connectivity index (χ3v) is 5.76. The van der Waals surface area contributed by atoms with Gasteiger partial charge in [0.2, 0.25) is 5.91 Å². The van der Waals surface area contributed by atoms with E-state index in [-0.39, 0.29) is 23.5 Å².